The van der Waals surface area contributed by atoms with E-state index in [-0.39, 0.29) is 0 Å². The fourth-order valence-electron chi connectivity index (χ4n) is 8.22. The zero-order valence-corrected chi connectivity index (χ0v) is 36.1. The standard InChI is InChI=1S/C41H40.C16H14.C2H6/c1-5-32-19-14-20-33(32)21-15-22-34(29-31(4)18-11-9-7-6-8-10-17-30(2)3)35-27-28-40-37-24-13-12-23-36(37)39-26-16-25-38(35)41(39)40;1-12-13-6-2-3-7-14-8-4-5-9-16(14)15(12)11-10-13;1-2/h7,9-19,21-29H,2,5-6,8,20H2,1,3-4H3;2-10H,11H2,1H3;1-2H3/b9-7+,17-10-,18-11+,21-15+,31-29-,34-22+;6-2-,7-3?;. The second-order valence-electron chi connectivity index (χ2n) is 15.2. The van der Waals surface area contributed by atoms with Gasteiger partial charge in [-0.2, -0.15) is 0 Å². The van der Waals surface area contributed by atoms with E-state index in [9.17, 15) is 0 Å². The van der Waals surface area contributed by atoms with Crippen LogP contribution in [0.4, 0.5) is 0 Å². The molecule has 0 atom stereocenters. The number of allylic oxidation sites excluding steroid dienone is 24. The molecular formula is C59H60. The van der Waals surface area contributed by atoms with Crippen molar-refractivity contribution in [2.24, 2.45) is 0 Å². The SMILES string of the molecule is C=C(C)/C=C\CC/C=C/C=C/C(C)=C\C(=C/C=C/C1=C(CC)C=CC1)c1ccc2c3c(cccc13)-c1ccccc1-2.CC.CC1=C2CC=C1/C=C\C=Cc1ccccc12. The van der Waals surface area contributed by atoms with Gasteiger partial charge in [-0.15, -0.1) is 0 Å². The lowest BCUT2D eigenvalue weighted by Crippen LogP contribution is -1.88. The highest BCUT2D eigenvalue weighted by molar-refractivity contribution is 6.17. The first-order valence-electron chi connectivity index (χ1n) is 21.5. The van der Waals surface area contributed by atoms with Crippen molar-refractivity contribution >= 4 is 28.0 Å². The fourth-order valence-corrected chi connectivity index (χ4v) is 8.22. The highest BCUT2D eigenvalue weighted by Crippen LogP contribution is 2.48. The van der Waals surface area contributed by atoms with Crippen LogP contribution in [0, 0.1) is 0 Å². The molecule has 8 rings (SSSR count). The number of rotatable bonds is 11. The lowest BCUT2D eigenvalue weighted by atomic mass is 9.93. The Bertz CT molecular complexity index is 2540. The summed E-state index contributed by atoms with van der Waals surface area (Å²) in [6.45, 7) is 16.6. The van der Waals surface area contributed by atoms with Crippen LogP contribution in [0.25, 0.3) is 50.2 Å². The van der Waals surface area contributed by atoms with Gasteiger partial charge in [0.1, 0.15) is 0 Å². The summed E-state index contributed by atoms with van der Waals surface area (Å²) in [7, 11) is 0. The van der Waals surface area contributed by atoms with Crippen molar-refractivity contribution in [1.29, 1.82) is 0 Å². The average molecular weight is 769 g/mol. The van der Waals surface area contributed by atoms with Gasteiger partial charge in [-0.05, 0) is 136 Å². The molecule has 0 unspecified atom stereocenters. The zero-order valence-electron chi connectivity index (χ0n) is 36.1. The summed E-state index contributed by atoms with van der Waals surface area (Å²) in [5, 5.41) is 2.67. The van der Waals surface area contributed by atoms with E-state index in [0.29, 0.717) is 0 Å². The Morgan fingerprint density at radius 3 is 2.19 bits per heavy atom. The molecule has 4 aromatic rings. The molecule has 0 saturated heterocycles. The first kappa shape index (κ1) is 42.4. The predicted octanol–water partition coefficient (Wildman–Crippen LogP) is 17.5. The van der Waals surface area contributed by atoms with Crippen molar-refractivity contribution in [1.82, 2.24) is 0 Å². The van der Waals surface area contributed by atoms with Crippen molar-refractivity contribution in [2.45, 2.75) is 73.6 Å². The third-order valence-corrected chi connectivity index (χ3v) is 11.1. The third-order valence-electron chi connectivity index (χ3n) is 11.1. The van der Waals surface area contributed by atoms with Gasteiger partial charge in [-0.3, -0.25) is 0 Å². The summed E-state index contributed by atoms with van der Waals surface area (Å²) >= 11 is 0. The van der Waals surface area contributed by atoms with E-state index < -0.39 is 0 Å². The summed E-state index contributed by atoms with van der Waals surface area (Å²) in [5.41, 5.74) is 20.0. The normalized spacial score (nSPS) is 16.0. The van der Waals surface area contributed by atoms with Crippen LogP contribution in [0.5, 0.6) is 0 Å². The monoisotopic (exact) mass is 768 g/mol. The van der Waals surface area contributed by atoms with E-state index in [0.717, 1.165) is 37.7 Å². The number of unbranched alkanes of at least 4 members (excludes halogenated alkanes) is 1. The summed E-state index contributed by atoms with van der Waals surface area (Å²) < 4.78 is 0. The minimum atomic E-state index is 1.02. The van der Waals surface area contributed by atoms with Crippen LogP contribution in [0.15, 0.2) is 216 Å². The number of fused-ring (bicyclic) bond motifs is 6. The first-order valence-corrected chi connectivity index (χ1v) is 21.5. The molecule has 0 heterocycles. The molecule has 0 amide bonds. The first-order chi connectivity index (χ1) is 28.9. The van der Waals surface area contributed by atoms with Crippen LogP contribution in [0.2, 0.25) is 0 Å². The molecule has 4 aromatic carbocycles. The molecule has 296 valence electrons. The molecule has 0 spiro atoms. The number of hydrogen-bond donors (Lipinski definition) is 0. The third kappa shape index (κ3) is 10.3. The molecular weight excluding hydrogens is 709 g/mol. The van der Waals surface area contributed by atoms with Gasteiger partial charge in [0.2, 0.25) is 0 Å². The van der Waals surface area contributed by atoms with E-state index in [1.54, 1.807) is 0 Å². The van der Waals surface area contributed by atoms with Gasteiger partial charge < -0.3 is 0 Å². The molecule has 59 heavy (non-hydrogen) atoms. The minimum absolute atomic E-state index is 1.02. The lowest BCUT2D eigenvalue weighted by molar-refractivity contribution is 1.05. The van der Waals surface area contributed by atoms with E-state index >= 15 is 0 Å². The summed E-state index contributed by atoms with van der Waals surface area (Å²) in [6, 6.07) is 28.8. The molecule has 2 bridgehead atoms. The number of benzene rings is 4. The highest BCUT2D eigenvalue weighted by atomic mass is 14.3. The maximum atomic E-state index is 3.91. The minimum Gasteiger partial charge on any atom is -0.0961 e. The largest absolute Gasteiger partial charge is 0.0961 e. The van der Waals surface area contributed by atoms with Gasteiger partial charge in [0.05, 0.1) is 0 Å². The quantitative estimate of drug-likeness (QED) is 0.0927. The van der Waals surface area contributed by atoms with Crippen molar-refractivity contribution in [2.75, 3.05) is 0 Å². The molecule has 0 nitrogen and oxygen atoms in total. The van der Waals surface area contributed by atoms with Gasteiger partial charge in [0, 0.05) is 0 Å². The van der Waals surface area contributed by atoms with Gasteiger partial charge >= 0.3 is 0 Å². The summed E-state index contributed by atoms with van der Waals surface area (Å²) in [4.78, 5) is 0. The van der Waals surface area contributed by atoms with E-state index in [1.807, 2.05) is 20.8 Å². The summed E-state index contributed by atoms with van der Waals surface area (Å²) in [6.07, 6.45) is 42.8. The Morgan fingerprint density at radius 1 is 0.695 bits per heavy atom. The van der Waals surface area contributed by atoms with Gasteiger partial charge in [-0.1, -0.05) is 221 Å². The van der Waals surface area contributed by atoms with Crippen LogP contribution in [0.3, 0.4) is 0 Å². The Labute approximate surface area is 355 Å². The molecule has 0 heteroatoms. The van der Waals surface area contributed by atoms with E-state index in [4.69, 9.17) is 0 Å². The average Bonchev–Trinajstić information content (AvgIpc) is 3.98. The topological polar surface area (TPSA) is 0 Å². The second-order valence-corrected chi connectivity index (χ2v) is 15.2. The van der Waals surface area contributed by atoms with Crippen molar-refractivity contribution in [3.63, 3.8) is 0 Å². The Morgan fingerprint density at radius 2 is 1.41 bits per heavy atom. The second kappa shape index (κ2) is 21.0. The molecule has 0 aliphatic heterocycles. The maximum Gasteiger partial charge on any atom is -0.00201 e. The molecule has 0 fully saturated rings. The molecule has 0 radical (unpaired) electrons. The van der Waals surface area contributed by atoms with E-state index in [1.165, 1.54) is 88.7 Å². The van der Waals surface area contributed by atoms with Crippen LogP contribution in [-0.2, 0) is 0 Å². The molecule has 4 aliphatic carbocycles. The Kier molecular flexibility index (Phi) is 15.1. The van der Waals surface area contributed by atoms with Crippen molar-refractivity contribution < 1.29 is 0 Å². The smallest absolute Gasteiger partial charge is 0.00201 e. The van der Waals surface area contributed by atoms with Gasteiger partial charge in [0.15, 0.2) is 0 Å². The van der Waals surface area contributed by atoms with Crippen molar-refractivity contribution in [3.8, 4) is 22.3 Å². The summed E-state index contributed by atoms with van der Waals surface area (Å²) in [5.74, 6) is 0. The highest BCUT2D eigenvalue weighted by Gasteiger charge is 2.22. The molecule has 4 aliphatic rings. The van der Waals surface area contributed by atoms with E-state index in [2.05, 4.69) is 210 Å². The van der Waals surface area contributed by atoms with Crippen molar-refractivity contribution in [3.05, 3.63) is 233 Å². The van der Waals surface area contributed by atoms with Crippen LogP contribution >= 0.6 is 0 Å². The van der Waals surface area contributed by atoms with Gasteiger partial charge in [0.25, 0.3) is 0 Å². The Hall–Kier alpha value is -6.24. The predicted molar refractivity (Wildman–Crippen MR) is 263 cm³/mol. The fraction of sp³-hybridized carbons (Fsp3) is 0.186. The zero-order chi connectivity index (χ0) is 41.6. The van der Waals surface area contributed by atoms with Crippen LogP contribution in [-0.4, -0.2) is 0 Å². The molecule has 0 saturated carbocycles. The molecule has 0 aromatic heterocycles. The van der Waals surface area contributed by atoms with Gasteiger partial charge in [-0.25, -0.2) is 0 Å². The number of hydrogen-bond acceptors (Lipinski definition) is 0. The Balaban J connectivity index is 0.000000268. The van der Waals surface area contributed by atoms with Crippen LogP contribution < -0.4 is 0 Å². The maximum absolute atomic E-state index is 3.91. The van der Waals surface area contributed by atoms with Crippen LogP contribution in [0.1, 0.15) is 90.3 Å². The lowest BCUT2D eigenvalue weighted by Gasteiger charge is -2.11. The molecule has 0 N–H and O–H groups in total.